The molecular formula is C8H10ClF3. The van der Waals surface area contributed by atoms with Gasteiger partial charge >= 0.3 is 6.18 Å². The maximum absolute atomic E-state index is 12.2. The highest BCUT2D eigenvalue weighted by Crippen LogP contribution is 2.41. The Bertz CT molecular complexity index is 185. The molecule has 2 unspecified atom stereocenters. The quantitative estimate of drug-likeness (QED) is 0.413. The van der Waals surface area contributed by atoms with E-state index < -0.39 is 17.5 Å². The molecule has 0 aliphatic heterocycles. The minimum atomic E-state index is -4.17. The van der Waals surface area contributed by atoms with Gasteiger partial charge in [-0.1, -0.05) is 12.2 Å². The fourth-order valence-corrected chi connectivity index (χ4v) is 1.75. The van der Waals surface area contributed by atoms with E-state index in [0.29, 0.717) is 18.4 Å². The van der Waals surface area contributed by atoms with Gasteiger partial charge in [0.1, 0.15) is 0 Å². The van der Waals surface area contributed by atoms with Crippen LogP contribution < -0.4 is 0 Å². The van der Waals surface area contributed by atoms with Gasteiger partial charge in [0, 0.05) is 5.38 Å². The SMILES string of the molecule is C=C1CCC(Cl)C(C(F)(F)F)C1. The summed E-state index contributed by atoms with van der Waals surface area (Å²) < 4.78 is 36.7. The predicted octanol–water partition coefficient (Wildman–Crippen LogP) is 3.51. The molecule has 0 aromatic rings. The molecule has 4 heteroatoms. The summed E-state index contributed by atoms with van der Waals surface area (Å²) in [5, 5.41) is -0.768. The van der Waals surface area contributed by atoms with Crippen molar-refractivity contribution in [2.75, 3.05) is 0 Å². The predicted molar refractivity (Wildman–Crippen MR) is 42.2 cm³/mol. The van der Waals surface area contributed by atoms with Crippen LogP contribution >= 0.6 is 11.6 Å². The van der Waals surface area contributed by atoms with E-state index in [1.54, 1.807) is 0 Å². The second-order valence-electron chi connectivity index (χ2n) is 3.16. The van der Waals surface area contributed by atoms with Crippen LogP contribution in [0.1, 0.15) is 19.3 Å². The Morgan fingerprint density at radius 1 is 1.42 bits per heavy atom. The number of hydrogen-bond donors (Lipinski definition) is 0. The lowest BCUT2D eigenvalue weighted by molar-refractivity contribution is -0.176. The number of alkyl halides is 4. The van der Waals surface area contributed by atoms with E-state index in [0.717, 1.165) is 0 Å². The molecule has 1 aliphatic carbocycles. The van der Waals surface area contributed by atoms with Crippen molar-refractivity contribution in [3.63, 3.8) is 0 Å². The summed E-state index contributed by atoms with van der Waals surface area (Å²) in [5.74, 6) is -1.39. The average Bonchev–Trinajstić information content (AvgIpc) is 1.92. The van der Waals surface area contributed by atoms with E-state index in [2.05, 4.69) is 6.58 Å². The molecule has 0 aromatic carbocycles. The van der Waals surface area contributed by atoms with Crippen LogP contribution in [0.5, 0.6) is 0 Å². The molecule has 0 saturated heterocycles. The van der Waals surface area contributed by atoms with Crippen molar-refractivity contribution >= 4 is 11.6 Å². The molecule has 0 N–H and O–H groups in total. The fourth-order valence-electron chi connectivity index (χ4n) is 1.40. The lowest BCUT2D eigenvalue weighted by Crippen LogP contribution is -2.34. The molecule has 70 valence electrons. The van der Waals surface area contributed by atoms with E-state index in [9.17, 15) is 13.2 Å². The smallest absolute Gasteiger partial charge is 0.171 e. The highest BCUT2D eigenvalue weighted by Gasteiger charge is 2.45. The summed E-state index contributed by atoms with van der Waals surface area (Å²) >= 11 is 5.57. The number of rotatable bonds is 0. The van der Waals surface area contributed by atoms with Gasteiger partial charge in [-0.3, -0.25) is 0 Å². The highest BCUT2D eigenvalue weighted by molar-refractivity contribution is 6.20. The van der Waals surface area contributed by atoms with Crippen LogP contribution in [0.2, 0.25) is 0 Å². The van der Waals surface area contributed by atoms with Crippen molar-refractivity contribution in [1.82, 2.24) is 0 Å². The molecule has 0 spiro atoms. The fraction of sp³-hybridized carbons (Fsp3) is 0.750. The zero-order chi connectivity index (χ0) is 9.35. The van der Waals surface area contributed by atoms with Crippen LogP contribution in [0.4, 0.5) is 13.2 Å². The van der Waals surface area contributed by atoms with Crippen molar-refractivity contribution in [3.8, 4) is 0 Å². The average molecular weight is 199 g/mol. The number of allylic oxidation sites excluding steroid dienone is 1. The lowest BCUT2D eigenvalue weighted by atomic mass is 9.85. The molecule has 1 aliphatic rings. The van der Waals surface area contributed by atoms with Crippen molar-refractivity contribution < 1.29 is 13.2 Å². The van der Waals surface area contributed by atoms with E-state index in [1.807, 2.05) is 0 Å². The molecule has 12 heavy (non-hydrogen) atoms. The Morgan fingerprint density at radius 2 is 2.00 bits per heavy atom. The van der Waals surface area contributed by atoms with Crippen LogP contribution in [0.25, 0.3) is 0 Å². The van der Waals surface area contributed by atoms with Gasteiger partial charge in [-0.25, -0.2) is 0 Å². The highest BCUT2D eigenvalue weighted by atomic mass is 35.5. The molecular weight excluding hydrogens is 189 g/mol. The third kappa shape index (κ3) is 2.16. The Morgan fingerprint density at radius 3 is 2.42 bits per heavy atom. The van der Waals surface area contributed by atoms with E-state index in [4.69, 9.17) is 11.6 Å². The second-order valence-corrected chi connectivity index (χ2v) is 3.72. The van der Waals surface area contributed by atoms with Gasteiger partial charge in [-0.2, -0.15) is 13.2 Å². The Kier molecular flexibility index (Phi) is 2.71. The van der Waals surface area contributed by atoms with Gasteiger partial charge in [-0.05, 0) is 19.3 Å². The van der Waals surface area contributed by atoms with E-state index in [1.165, 1.54) is 0 Å². The van der Waals surface area contributed by atoms with Gasteiger partial charge < -0.3 is 0 Å². The maximum Gasteiger partial charge on any atom is 0.393 e. The first-order chi connectivity index (χ1) is 5.41. The zero-order valence-corrected chi connectivity index (χ0v) is 7.25. The summed E-state index contributed by atoms with van der Waals surface area (Å²) in [7, 11) is 0. The van der Waals surface area contributed by atoms with Gasteiger partial charge in [0.05, 0.1) is 5.92 Å². The van der Waals surface area contributed by atoms with Crippen LogP contribution in [0.3, 0.4) is 0 Å². The molecule has 1 saturated carbocycles. The molecule has 2 atom stereocenters. The van der Waals surface area contributed by atoms with Gasteiger partial charge in [-0.15, -0.1) is 11.6 Å². The molecule has 1 rings (SSSR count). The van der Waals surface area contributed by atoms with Crippen molar-refractivity contribution in [3.05, 3.63) is 12.2 Å². The standard InChI is InChI=1S/C8H10ClF3/c1-5-2-3-7(9)6(4-5)8(10,11)12/h6-7H,1-4H2. The maximum atomic E-state index is 12.2. The van der Waals surface area contributed by atoms with Crippen molar-refractivity contribution in [2.45, 2.75) is 30.8 Å². The third-order valence-corrected chi connectivity index (χ3v) is 2.66. The first-order valence-corrected chi connectivity index (χ1v) is 4.22. The van der Waals surface area contributed by atoms with Crippen molar-refractivity contribution in [2.24, 2.45) is 5.92 Å². The zero-order valence-electron chi connectivity index (χ0n) is 6.49. The Labute approximate surface area is 74.4 Å². The van der Waals surface area contributed by atoms with Gasteiger partial charge in [0.2, 0.25) is 0 Å². The third-order valence-electron chi connectivity index (χ3n) is 2.14. The van der Waals surface area contributed by atoms with Crippen LogP contribution in [-0.4, -0.2) is 11.6 Å². The Hall–Kier alpha value is -0.180. The summed E-state index contributed by atoms with van der Waals surface area (Å²) in [6.45, 7) is 3.55. The van der Waals surface area contributed by atoms with E-state index >= 15 is 0 Å². The molecule has 0 bridgehead atoms. The summed E-state index contributed by atoms with van der Waals surface area (Å²) in [4.78, 5) is 0. The monoisotopic (exact) mass is 198 g/mol. The molecule has 0 amide bonds. The molecule has 1 fully saturated rings. The van der Waals surface area contributed by atoms with Crippen LogP contribution in [0.15, 0.2) is 12.2 Å². The topological polar surface area (TPSA) is 0 Å². The summed E-state index contributed by atoms with van der Waals surface area (Å²) in [6.07, 6.45) is -3.15. The normalized spacial score (nSPS) is 32.2. The minimum Gasteiger partial charge on any atom is -0.171 e. The summed E-state index contributed by atoms with van der Waals surface area (Å²) in [5.41, 5.74) is 0.661. The summed E-state index contributed by atoms with van der Waals surface area (Å²) in [6, 6.07) is 0. The number of hydrogen-bond acceptors (Lipinski definition) is 0. The van der Waals surface area contributed by atoms with Gasteiger partial charge in [0.25, 0.3) is 0 Å². The molecule has 0 aromatic heterocycles. The van der Waals surface area contributed by atoms with Crippen LogP contribution in [-0.2, 0) is 0 Å². The van der Waals surface area contributed by atoms with Gasteiger partial charge in [0.15, 0.2) is 0 Å². The number of halogens is 4. The first-order valence-electron chi connectivity index (χ1n) is 3.78. The van der Waals surface area contributed by atoms with Crippen molar-refractivity contribution in [1.29, 1.82) is 0 Å². The molecule has 0 heterocycles. The molecule has 0 radical (unpaired) electrons. The molecule has 0 nitrogen and oxygen atoms in total. The second kappa shape index (κ2) is 3.29. The van der Waals surface area contributed by atoms with Crippen LogP contribution in [0, 0.1) is 5.92 Å². The Balaban J connectivity index is 2.67. The van der Waals surface area contributed by atoms with E-state index in [-0.39, 0.29) is 6.42 Å². The lowest BCUT2D eigenvalue weighted by Gasteiger charge is -2.30. The largest absolute Gasteiger partial charge is 0.393 e. The first kappa shape index (κ1) is 9.90. The minimum absolute atomic E-state index is 0.00231.